The van der Waals surface area contributed by atoms with E-state index in [1.54, 1.807) is 30.3 Å². The fraction of sp³-hybridized carbons (Fsp3) is 0.0667. The van der Waals surface area contributed by atoms with E-state index in [-0.39, 0.29) is 11.7 Å². The minimum absolute atomic E-state index is 0.106. The number of nitriles is 1. The predicted molar refractivity (Wildman–Crippen MR) is 73.8 cm³/mol. The summed E-state index contributed by atoms with van der Waals surface area (Å²) in [7, 11) is 1.43. The fourth-order valence-electron chi connectivity index (χ4n) is 1.70. The Labute approximate surface area is 116 Å². The highest BCUT2D eigenvalue weighted by molar-refractivity contribution is 6.04. The largest absolute Gasteiger partial charge is 0.504 e. The van der Waals surface area contributed by atoms with Gasteiger partial charge < -0.3 is 15.2 Å². The number of anilines is 1. The number of carbonyl (C=O) groups is 1. The second kappa shape index (κ2) is 5.76. The van der Waals surface area contributed by atoms with E-state index in [2.05, 4.69) is 5.32 Å². The van der Waals surface area contributed by atoms with E-state index in [9.17, 15) is 9.90 Å². The molecule has 0 radical (unpaired) electrons. The van der Waals surface area contributed by atoms with Gasteiger partial charge in [-0.05, 0) is 36.4 Å². The normalized spacial score (nSPS) is 9.60. The summed E-state index contributed by atoms with van der Waals surface area (Å²) in [4.78, 5) is 12.0. The maximum absolute atomic E-state index is 12.0. The molecule has 0 spiro atoms. The second-order valence-electron chi connectivity index (χ2n) is 4.03. The number of aromatic hydroxyl groups is 1. The second-order valence-corrected chi connectivity index (χ2v) is 4.03. The number of phenolic OH excluding ortho intramolecular Hbond substituents is 1. The summed E-state index contributed by atoms with van der Waals surface area (Å²) in [6.45, 7) is 0. The monoisotopic (exact) mass is 268 g/mol. The Morgan fingerprint density at radius 3 is 2.75 bits per heavy atom. The molecular weight excluding hydrogens is 256 g/mol. The molecule has 5 nitrogen and oxygen atoms in total. The van der Waals surface area contributed by atoms with Crippen molar-refractivity contribution in [2.24, 2.45) is 0 Å². The van der Waals surface area contributed by atoms with E-state index in [0.29, 0.717) is 22.6 Å². The van der Waals surface area contributed by atoms with Crippen molar-refractivity contribution < 1.29 is 14.6 Å². The van der Waals surface area contributed by atoms with E-state index >= 15 is 0 Å². The van der Waals surface area contributed by atoms with Gasteiger partial charge in [0.15, 0.2) is 11.5 Å². The number of amides is 1. The standard InChI is InChI=1S/C15H12N2O3/c1-20-14-6-5-11(8-13(14)18)15(19)17-12-4-2-3-10(7-12)9-16/h2-8,18H,1H3,(H,17,19). The van der Waals surface area contributed by atoms with Gasteiger partial charge in [0.1, 0.15) is 0 Å². The zero-order valence-electron chi connectivity index (χ0n) is 10.8. The van der Waals surface area contributed by atoms with Crippen LogP contribution < -0.4 is 10.1 Å². The third-order valence-electron chi connectivity index (χ3n) is 2.69. The molecule has 0 heterocycles. The van der Waals surface area contributed by atoms with E-state index in [1.165, 1.54) is 19.2 Å². The van der Waals surface area contributed by atoms with Crippen molar-refractivity contribution in [2.75, 3.05) is 12.4 Å². The Bertz CT molecular complexity index is 690. The summed E-state index contributed by atoms with van der Waals surface area (Å²) in [5, 5.41) is 21.1. The molecule has 5 heteroatoms. The van der Waals surface area contributed by atoms with Crippen LogP contribution in [0, 0.1) is 11.3 Å². The molecule has 20 heavy (non-hydrogen) atoms. The number of hydrogen-bond donors (Lipinski definition) is 2. The SMILES string of the molecule is COc1ccc(C(=O)Nc2cccc(C#N)c2)cc1O. The Kier molecular flexibility index (Phi) is 3.87. The summed E-state index contributed by atoms with van der Waals surface area (Å²) in [6.07, 6.45) is 0. The highest BCUT2D eigenvalue weighted by Crippen LogP contribution is 2.26. The Hall–Kier alpha value is -3.00. The van der Waals surface area contributed by atoms with Gasteiger partial charge in [0.05, 0.1) is 18.7 Å². The van der Waals surface area contributed by atoms with Crippen LogP contribution in [0.4, 0.5) is 5.69 Å². The minimum Gasteiger partial charge on any atom is -0.504 e. The van der Waals surface area contributed by atoms with Crippen molar-refractivity contribution in [3.05, 3.63) is 53.6 Å². The lowest BCUT2D eigenvalue weighted by Gasteiger charge is -2.07. The number of nitrogens with one attached hydrogen (secondary N) is 1. The van der Waals surface area contributed by atoms with E-state index in [4.69, 9.17) is 10.00 Å². The number of benzene rings is 2. The highest BCUT2D eigenvalue weighted by Gasteiger charge is 2.10. The first-order valence-electron chi connectivity index (χ1n) is 5.82. The molecule has 2 aromatic rings. The van der Waals surface area contributed by atoms with Gasteiger partial charge >= 0.3 is 0 Å². The third kappa shape index (κ3) is 2.87. The number of phenols is 1. The van der Waals surface area contributed by atoms with Crippen LogP contribution in [-0.2, 0) is 0 Å². The molecule has 0 aliphatic carbocycles. The molecule has 100 valence electrons. The maximum atomic E-state index is 12.0. The Balaban J connectivity index is 2.19. The van der Waals surface area contributed by atoms with Crippen molar-refractivity contribution in [1.29, 1.82) is 5.26 Å². The number of hydrogen-bond acceptors (Lipinski definition) is 4. The Morgan fingerprint density at radius 2 is 2.10 bits per heavy atom. The molecule has 0 bridgehead atoms. The highest BCUT2D eigenvalue weighted by atomic mass is 16.5. The lowest BCUT2D eigenvalue weighted by atomic mass is 10.1. The molecule has 0 aromatic heterocycles. The first kappa shape index (κ1) is 13.4. The number of rotatable bonds is 3. The van der Waals surface area contributed by atoms with Crippen LogP contribution in [0.1, 0.15) is 15.9 Å². The van der Waals surface area contributed by atoms with Crippen LogP contribution in [0.3, 0.4) is 0 Å². The quantitative estimate of drug-likeness (QED) is 0.896. The van der Waals surface area contributed by atoms with Gasteiger partial charge in [-0.2, -0.15) is 5.26 Å². The lowest BCUT2D eigenvalue weighted by Crippen LogP contribution is -2.11. The number of carbonyl (C=O) groups excluding carboxylic acids is 1. The average Bonchev–Trinajstić information content (AvgIpc) is 2.47. The molecule has 0 saturated carbocycles. The third-order valence-corrected chi connectivity index (χ3v) is 2.69. The molecule has 0 aliphatic rings. The van der Waals surface area contributed by atoms with Crippen LogP contribution in [0.15, 0.2) is 42.5 Å². The lowest BCUT2D eigenvalue weighted by molar-refractivity contribution is 0.102. The van der Waals surface area contributed by atoms with Crippen LogP contribution >= 0.6 is 0 Å². The predicted octanol–water partition coefficient (Wildman–Crippen LogP) is 2.52. The zero-order chi connectivity index (χ0) is 14.5. The summed E-state index contributed by atoms with van der Waals surface area (Å²) in [5.74, 6) is -0.183. The van der Waals surface area contributed by atoms with Crippen LogP contribution in [-0.4, -0.2) is 18.1 Å². The van der Waals surface area contributed by atoms with Crippen LogP contribution in [0.2, 0.25) is 0 Å². The number of ether oxygens (including phenoxy) is 1. The molecule has 0 atom stereocenters. The van der Waals surface area contributed by atoms with Crippen LogP contribution in [0.25, 0.3) is 0 Å². The molecular formula is C15H12N2O3. The summed E-state index contributed by atoms with van der Waals surface area (Å²) < 4.78 is 4.91. The summed E-state index contributed by atoms with van der Waals surface area (Å²) >= 11 is 0. The first-order valence-corrected chi connectivity index (χ1v) is 5.82. The molecule has 0 aliphatic heterocycles. The smallest absolute Gasteiger partial charge is 0.255 e. The Morgan fingerprint density at radius 1 is 1.30 bits per heavy atom. The zero-order valence-corrected chi connectivity index (χ0v) is 10.8. The molecule has 1 amide bonds. The molecule has 0 fully saturated rings. The summed E-state index contributed by atoms with van der Waals surface area (Å²) in [5.41, 5.74) is 1.27. The van der Waals surface area contributed by atoms with Gasteiger partial charge in [0.25, 0.3) is 5.91 Å². The maximum Gasteiger partial charge on any atom is 0.255 e. The minimum atomic E-state index is -0.377. The average molecular weight is 268 g/mol. The van der Waals surface area contributed by atoms with Gasteiger partial charge in [-0.15, -0.1) is 0 Å². The van der Waals surface area contributed by atoms with Gasteiger partial charge in [-0.3, -0.25) is 4.79 Å². The van der Waals surface area contributed by atoms with Crippen molar-refractivity contribution in [2.45, 2.75) is 0 Å². The number of methoxy groups -OCH3 is 1. The van der Waals surface area contributed by atoms with Crippen LogP contribution in [0.5, 0.6) is 11.5 Å². The van der Waals surface area contributed by atoms with Crippen molar-refractivity contribution in [1.82, 2.24) is 0 Å². The van der Waals surface area contributed by atoms with E-state index in [0.717, 1.165) is 0 Å². The van der Waals surface area contributed by atoms with Crippen molar-refractivity contribution in [3.8, 4) is 17.6 Å². The molecule has 0 saturated heterocycles. The fourth-order valence-corrected chi connectivity index (χ4v) is 1.70. The molecule has 0 unspecified atom stereocenters. The van der Waals surface area contributed by atoms with Gasteiger partial charge in [0, 0.05) is 11.3 Å². The van der Waals surface area contributed by atoms with Crippen molar-refractivity contribution in [3.63, 3.8) is 0 Å². The van der Waals surface area contributed by atoms with E-state index in [1.807, 2.05) is 6.07 Å². The summed E-state index contributed by atoms with van der Waals surface area (Å²) in [6, 6.07) is 13.0. The molecule has 2 rings (SSSR count). The first-order chi connectivity index (χ1) is 9.63. The number of nitrogens with zero attached hydrogens (tertiary/aromatic N) is 1. The van der Waals surface area contributed by atoms with Crippen molar-refractivity contribution >= 4 is 11.6 Å². The van der Waals surface area contributed by atoms with Gasteiger partial charge in [-0.25, -0.2) is 0 Å². The molecule has 2 aromatic carbocycles. The van der Waals surface area contributed by atoms with E-state index < -0.39 is 0 Å². The topological polar surface area (TPSA) is 82.3 Å². The van der Waals surface area contributed by atoms with Gasteiger partial charge in [0.2, 0.25) is 0 Å². The molecule has 2 N–H and O–H groups in total. The van der Waals surface area contributed by atoms with Gasteiger partial charge in [-0.1, -0.05) is 6.07 Å².